The molecule has 202 valence electrons. The summed E-state index contributed by atoms with van der Waals surface area (Å²) >= 11 is 6.25. The Morgan fingerprint density at radius 3 is 2.72 bits per heavy atom. The van der Waals surface area contributed by atoms with Crippen molar-refractivity contribution < 1.29 is 19.4 Å². The maximum absolute atomic E-state index is 11.4. The molecule has 0 radical (unpaired) electrons. The lowest BCUT2D eigenvalue weighted by molar-refractivity contribution is 0.0697. The van der Waals surface area contributed by atoms with Crippen LogP contribution in [0.3, 0.4) is 0 Å². The van der Waals surface area contributed by atoms with E-state index in [-0.39, 0.29) is 5.56 Å². The molecule has 2 aromatic heterocycles. The lowest BCUT2D eigenvalue weighted by Gasteiger charge is -2.17. The van der Waals surface area contributed by atoms with Gasteiger partial charge in [0.2, 0.25) is 5.88 Å². The van der Waals surface area contributed by atoms with Crippen molar-refractivity contribution in [3.63, 3.8) is 0 Å². The fraction of sp³-hybridized carbons (Fsp3) is 0.333. The number of benzene rings is 2. The average molecular weight is 547 g/mol. The smallest absolute Gasteiger partial charge is 0.335 e. The Morgan fingerprint density at radius 1 is 1.08 bits per heavy atom. The Balaban J connectivity index is 1.20. The minimum Gasteiger partial charge on any atom is -0.478 e. The summed E-state index contributed by atoms with van der Waals surface area (Å²) in [5.74, 6) is -0.577. The molecule has 2 N–H and O–H groups in total. The molecule has 0 saturated heterocycles. The lowest BCUT2D eigenvalue weighted by Crippen LogP contribution is -2.18. The van der Waals surface area contributed by atoms with E-state index >= 15 is 0 Å². The van der Waals surface area contributed by atoms with Crippen LogP contribution < -0.4 is 10.1 Å². The van der Waals surface area contributed by atoms with Gasteiger partial charge in [-0.05, 0) is 74.7 Å². The van der Waals surface area contributed by atoms with Gasteiger partial charge in [-0.15, -0.1) is 0 Å². The number of carbonyl (C=O) groups is 1. The molecule has 8 nitrogen and oxygen atoms in total. The van der Waals surface area contributed by atoms with Crippen molar-refractivity contribution in [2.24, 2.45) is 0 Å². The first-order valence-electron chi connectivity index (χ1n) is 12.8. The van der Waals surface area contributed by atoms with Crippen molar-refractivity contribution >= 4 is 39.2 Å². The van der Waals surface area contributed by atoms with Gasteiger partial charge in [-0.2, -0.15) is 5.26 Å². The van der Waals surface area contributed by atoms with E-state index in [1.54, 1.807) is 30.6 Å². The average Bonchev–Trinajstić information content (AvgIpc) is 2.93. The van der Waals surface area contributed by atoms with Gasteiger partial charge in [0.25, 0.3) is 0 Å². The van der Waals surface area contributed by atoms with Crippen molar-refractivity contribution in [1.29, 1.82) is 5.26 Å². The molecule has 0 aliphatic heterocycles. The molecule has 0 unspecified atom stereocenters. The van der Waals surface area contributed by atoms with E-state index in [0.29, 0.717) is 42.8 Å². The highest BCUT2D eigenvalue weighted by Gasteiger charge is 2.20. The number of hydrogen-bond donors (Lipinski definition) is 2. The molecule has 0 amide bonds. The number of hydrogen-bond acceptors (Lipinski definition) is 7. The molecule has 0 fully saturated rings. The quantitative estimate of drug-likeness (QED) is 0.157. The summed E-state index contributed by atoms with van der Waals surface area (Å²) in [5.41, 5.74) is 2.10. The van der Waals surface area contributed by atoms with E-state index in [4.69, 9.17) is 21.1 Å². The highest BCUT2D eigenvalue weighted by Crippen LogP contribution is 2.31. The fourth-order valence-corrected chi connectivity index (χ4v) is 4.48. The number of unbranched alkanes of at least 4 members (excludes halogenated alkanes) is 1. The summed E-state index contributed by atoms with van der Waals surface area (Å²) in [4.78, 5) is 20.1. The number of nitrogens with one attached hydrogen (secondary N) is 1. The zero-order chi connectivity index (χ0) is 27.8. The Hall–Kier alpha value is -3.77. The first kappa shape index (κ1) is 28.2. The van der Waals surface area contributed by atoms with Crippen LogP contribution in [0.4, 0.5) is 0 Å². The predicted octanol–water partition coefficient (Wildman–Crippen LogP) is 5.90. The Kier molecular flexibility index (Phi) is 9.31. The molecular formula is C30H31ClN4O4. The number of aromatic nitrogens is 2. The summed E-state index contributed by atoms with van der Waals surface area (Å²) in [7, 11) is 0. The molecule has 0 saturated carbocycles. The van der Waals surface area contributed by atoms with Crippen molar-refractivity contribution in [2.45, 2.75) is 38.6 Å². The molecule has 2 aromatic carbocycles. The number of pyridine rings is 2. The number of fused-ring (bicyclic) bond motifs is 3. The molecule has 9 heteroatoms. The minimum absolute atomic E-state index is 0.169. The highest BCUT2D eigenvalue weighted by molar-refractivity contribution is 6.30. The zero-order valence-electron chi connectivity index (χ0n) is 22.0. The van der Waals surface area contributed by atoms with Gasteiger partial charge in [0.15, 0.2) is 0 Å². The van der Waals surface area contributed by atoms with Crippen LogP contribution in [-0.2, 0) is 16.7 Å². The van der Waals surface area contributed by atoms with Crippen LogP contribution in [0.5, 0.6) is 5.88 Å². The zero-order valence-corrected chi connectivity index (χ0v) is 22.8. The van der Waals surface area contributed by atoms with Gasteiger partial charge >= 0.3 is 5.97 Å². The molecule has 4 aromatic rings. The maximum atomic E-state index is 11.4. The van der Waals surface area contributed by atoms with Gasteiger partial charge in [-0.1, -0.05) is 23.7 Å². The van der Waals surface area contributed by atoms with Gasteiger partial charge in [-0.25, -0.2) is 9.78 Å². The number of carboxylic acids is 1. The van der Waals surface area contributed by atoms with Gasteiger partial charge in [0, 0.05) is 46.7 Å². The van der Waals surface area contributed by atoms with E-state index in [1.807, 2.05) is 38.1 Å². The van der Waals surface area contributed by atoms with Crippen molar-refractivity contribution in [3.8, 4) is 11.9 Å². The molecule has 0 aliphatic carbocycles. The molecule has 2 heterocycles. The van der Waals surface area contributed by atoms with Crippen LogP contribution in [0.1, 0.15) is 48.2 Å². The van der Waals surface area contributed by atoms with Gasteiger partial charge in [0.1, 0.15) is 6.61 Å². The fourth-order valence-electron chi connectivity index (χ4n) is 4.22. The summed E-state index contributed by atoms with van der Waals surface area (Å²) in [6.45, 7) is 6.63. The van der Waals surface area contributed by atoms with E-state index in [9.17, 15) is 15.2 Å². The minimum atomic E-state index is -1.01. The maximum Gasteiger partial charge on any atom is 0.335 e. The number of nitriles is 1. The molecular weight excluding hydrogens is 516 g/mol. The van der Waals surface area contributed by atoms with Crippen LogP contribution in [0, 0.1) is 11.3 Å². The largest absolute Gasteiger partial charge is 0.478 e. The van der Waals surface area contributed by atoms with Gasteiger partial charge in [0.05, 0.1) is 29.2 Å². The van der Waals surface area contributed by atoms with E-state index in [1.165, 1.54) is 0 Å². The molecule has 0 bridgehead atoms. The molecule has 0 aliphatic rings. The monoisotopic (exact) mass is 546 g/mol. The Morgan fingerprint density at radius 2 is 1.92 bits per heavy atom. The first-order valence-corrected chi connectivity index (χ1v) is 13.2. The summed E-state index contributed by atoms with van der Waals surface area (Å²) < 4.78 is 11.7. The highest BCUT2D eigenvalue weighted by atomic mass is 35.5. The van der Waals surface area contributed by atoms with Crippen LogP contribution >= 0.6 is 11.6 Å². The predicted molar refractivity (Wildman–Crippen MR) is 151 cm³/mol. The third-order valence-corrected chi connectivity index (χ3v) is 6.67. The van der Waals surface area contributed by atoms with E-state index < -0.39 is 11.4 Å². The third kappa shape index (κ3) is 7.21. The normalized spacial score (nSPS) is 11.5. The number of halogens is 1. The van der Waals surface area contributed by atoms with Crippen molar-refractivity contribution in [3.05, 3.63) is 76.6 Å². The van der Waals surface area contributed by atoms with Gasteiger partial charge < -0.3 is 19.9 Å². The second-order valence-corrected chi connectivity index (χ2v) is 10.2. The number of carboxylic acid groups (broad SMARTS) is 1. The van der Waals surface area contributed by atoms with Crippen LogP contribution in [0.15, 0.2) is 54.9 Å². The summed E-state index contributed by atoms with van der Waals surface area (Å²) in [6.07, 6.45) is 5.26. The number of rotatable bonds is 13. The summed E-state index contributed by atoms with van der Waals surface area (Å²) in [5, 5.41) is 25.3. The van der Waals surface area contributed by atoms with Crippen molar-refractivity contribution in [2.75, 3.05) is 26.4 Å². The first-order chi connectivity index (χ1) is 18.8. The van der Waals surface area contributed by atoms with Crippen LogP contribution in [0.25, 0.3) is 21.7 Å². The molecule has 39 heavy (non-hydrogen) atoms. The number of ether oxygens (including phenoxy) is 2. The summed E-state index contributed by atoms with van der Waals surface area (Å²) in [6, 6.07) is 14.8. The van der Waals surface area contributed by atoms with Crippen LogP contribution in [0.2, 0.25) is 5.02 Å². The van der Waals surface area contributed by atoms with Crippen molar-refractivity contribution in [1.82, 2.24) is 15.3 Å². The molecule has 4 rings (SSSR count). The number of nitrogens with zero attached hydrogens (tertiary/aromatic N) is 3. The van der Waals surface area contributed by atoms with E-state index in [2.05, 4.69) is 21.4 Å². The second kappa shape index (κ2) is 12.9. The molecule has 0 spiro atoms. The lowest BCUT2D eigenvalue weighted by atomic mass is 9.85. The van der Waals surface area contributed by atoms with Gasteiger partial charge in [-0.3, -0.25) is 4.98 Å². The topological polar surface area (TPSA) is 117 Å². The Bertz CT molecular complexity index is 1520. The van der Waals surface area contributed by atoms with Crippen LogP contribution in [-0.4, -0.2) is 47.4 Å². The van der Waals surface area contributed by atoms with E-state index in [0.717, 1.165) is 46.7 Å². The number of aromatic carboxylic acids is 1. The Labute approximate surface area is 232 Å². The second-order valence-electron chi connectivity index (χ2n) is 9.80. The standard InChI is InChI=1S/C30H31ClN4O4/c1-30(2,19-32)22-13-20(14-23(31)16-22)17-33-8-3-4-10-38-11-12-39-28-25-7-9-34-18-26(25)24-6-5-21(29(36)37)15-27(24)35-28/h5-7,9,13-16,18,33H,3-4,8,10-12,17H2,1-2H3,(H,36,37). The third-order valence-electron chi connectivity index (χ3n) is 6.45. The SMILES string of the molecule is CC(C)(C#N)c1cc(Cl)cc(CNCCCCOCCOc2nc3cc(C(=O)O)ccc3c3cnccc23)c1. The molecule has 0 atom stereocenters.